The van der Waals surface area contributed by atoms with E-state index in [0.717, 1.165) is 29.5 Å². The van der Waals surface area contributed by atoms with Crippen LogP contribution in [0.2, 0.25) is 5.82 Å². The van der Waals surface area contributed by atoms with E-state index in [2.05, 4.69) is 35.5 Å². The minimum absolute atomic E-state index is 0.886. The first kappa shape index (κ1) is 9.16. The highest BCUT2D eigenvalue weighted by Gasteiger charge is 2.36. The van der Waals surface area contributed by atoms with Crippen molar-refractivity contribution in [2.75, 3.05) is 0 Å². The highest BCUT2D eigenvalue weighted by molar-refractivity contribution is 6.12. The zero-order valence-electron chi connectivity index (χ0n) is 8.59. The van der Waals surface area contributed by atoms with Crippen molar-refractivity contribution in [2.45, 2.75) is 39.9 Å². The molecule has 4 unspecified atom stereocenters. The molecule has 0 aromatic carbocycles. The molecule has 1 saturated carbocycles. The van der Waals surface area contributed by atoms with Gasteiger partial charge in [0.2, 0.25) is 0 Å². The predicted molar refractivity (Wildman–Crippen MR) is 53.6 cm³/mol. The van der Waals surface area contributed by atoms with Crippen molar-refractivity contribution in [3.8, 4) is 0 Å². The Labute approximate surface area is 72.2 Å². The summed E-state index contributed by atoms with van der Waals surface area (Å²) < 4.78 is 0. The molecule has 11 heavy (non-hydrogen) atoms. The van der Waals surface area contributed by atoms with E-state index in [1.165, 1.54) is 6.42 Å². The second kappa shape index (κ2) is 3.20. The van der Waals surface area contributed by atoms with Crippen LogP contribution in [-0.4, -0.2) is 7.85 Å². The third-order valence-electron chi connectivity index (χ3n) is 3.90. The lowest BCUT2D eigenvalue weighted by Crippen LogP contribution is -2.14. The largest absolute Gasteiger partial charge is 0.105 e. The molecule has 1 fully saturated rings. The van der Waals surface area contributed by atoms with Crippen LogP contribution < -0.4 is 0 Å². The van der Waals surface area contributed by atoms with Crippen molar-refractivity contribution in [3.63, 3.8) is 0 Å². The highest BCUT2D eigenvalue weighted by Crippen LogP contribution is 2.46. The van der Waals surface area contributed by atoms with Gasteiger partial charge in [-0.1, -0.05) is 39.9 Å². The number of hydrogen-bond acceptors (Lipinski definition) is 0. The normalized spacial score (nSPS) is 45.2. The molecule has 1 aliphatic carbocycles. The van der Waals surface area contributed by atoms with Gasteiger partial charge in [-0.15, -0.1) is 0 Å². The summed E-state index contributed by atoms with van der Waals surface area (Å²) in [5.41, 5.74) is 0. The molecule has 0 aliphatic heterocycles. The third-order valence-corrected chi connectivity index (χ3v) is 3.90. The molecule has 1 heteroatoms. The van der Waals surface area contributed by atoms with Crippen molar-refractivity contribution in [2.24, 2.45) is 23.7 Å². The Morgan fingerprint density at radius 1 is 1.18 bits per heavy atom. The molecule has 1 rings (SSSR count). The number of hydrogen-bond donors (Lipinski definition) is 0. The van der Waals surface area contributed by atoms with E-state index in [1.54, 1.807) is 0 Å². The molecule has 0 spiro atoms. The summed E-state index contributed by atoms with van der Waals surface area (Å²) >= 11 is 0. The Balaban J connectivity index is 2.59. The number of rotatable bonds is 1. The van der Waals surface area contributed by atoms with Gasteiger partial charge in [0, 0.05) is 0 Å². The van der Waals surface area contributed by atoms with Gasteiger partial charge in [-0.3, -0.25) is 0 Å². The van der Waals surface area contributed by atoms with Crippen LogP contribution in [0.4, 0.5) is 0 Å². The van der Waals surface area contributed by atoms with Crippen LogP contribution in [0, 0.1) is 23.7 Å². The van der Waals surface area contributed by atoms with Gasteiger partial charge in [0.25, 0.3) is 0 Å². The maximum Gasteiger partial charge on any atom is 0.105 e. The maximum absolute atomic E-state index is 2.43. The molecule has 0 aromatic heterocycles. The Hall–Kier alpha value is 0.0649. The molecule has 0 N–H and O–H groups in total. The van der Waals surface area contributed by atoms with Crippen LogP contribution in [0.3, 0.4) is 0 Å². The van der Waals surface area contributed by atoms with E-state index in [-0.39, 0.29) is 0 Å². The van der Waals surface area contributed by atoms with Crippen molar-refractivity contribution in [1.29, 1.82) is 0 Å². The molecule has 0 aromatic rings. The Bertz CT molecular complexity index is 131. The van der Waals surface area contributed by atoms with E-state index in [4.69, 9.17) is 0 Å². The van der Waals surface area contributed by atoms with Gasteiger partial charge >= 0.3 is 0 Å². The van der Waals surface area contributed by atoms with Crippen molar-refractivity contribution < 1.29 is 0 Å². The average Bonchev–Trinajstić information content (AvgIpc) is 2.17. The Kier molecular flexibility index (Phi) is 2.67. The molecule has 0 saturated heterocycles. The van der Waals surface area contributed by atoms with Gasteiger partial charge in [0.1, 0.15) is 7.85 Å². The fourth-order valence-electron chi connectivity index (χ4n) is 2.65. The average molecular weight is 152 g/mol. The summed E-state index contributed by atoms with van der Waals surface area (Å²) in [6, 6.07) is 0. The second-order valence-corrected chi connectivity index (χ2v) is 4.84. The Morgan fingerprint density at radius 3 is 1.91 bits per heavy atom. The van der Waals surface area contributed by atoms with E-state index in [9.17, 15) is 0 Å². The van der Waals surface area contributed by atoms with Crippen LogP contribution in [0.5, 0.6) is 0 Å². The zero-order valence-corrected chi connectivity index (χ0v) is 8.59. The van der Waals surface area contributed by atoms with E-state index >= 15 is 0 Å². The molecular formula is C10H21B. The van der Waals surface area contributed by atoms with Gasteiger partial charge in [-0.05, 0) is 23.7 Å². The summed E-state index contributed by atoms with van der Waals surface area (Å²) in [6.45, 7) is 9.58. The van der Waals surface area contributed by atoms with Crippen LogP contribution >= 0.6 is 0 Å². The molecule has 4 atom stereocenters. The minimum atomic E-state index is 0.886. The van der Waals surface area contributed by atoms with Crippen molar-refractivity contribution in [3.05, 3.63) is 0 Å². The van der Waals surface area contributed by atoms with Crippen molar-refractivity contribution >= 4 is 7.85 Å². The molecular weight excluding hydrogens is 131 g/mol. The van der Waals surface area contributed by atoms with E-state index in [0.29, 0.717) is 0 Å². The Morgan fingerprint density at radius 2 is 1.73 bits per heavy atom. The standard InChI is InChI=1S/C10H21B/c1-6(2)9-5-10(11)8(4)7(9)3/h6-10H,5,11H2,1-4H3. The summed E-state index contributed by atoms with van der Waals surface area (Å²) in [6.07, 6.45) is 1.46. The quantitative estimate of drug-likeness (QED) is 0.506. The first-order valence-corrected chi connectivity index (χ1v) is 5.04. The lowest BCUT2D eigenvalue weighted by molar-refractivity contribution is 0.282. The molecule has 1 aliphatic rings. The fourth-order valence-corrected chi connectivity index (χ4v) is 2.65. The molecule has 0 amide bonds. The molecule has 0 bridgehead atoms. The summed E-state index contributed by atoms with van der Waals surface area (Å²) in [5, 5.41) is 0. The lowest BCUT2D eigenvalue weighted by Gasteiger charge is -2.21. The monoisotopic (exact) mass is 152 g/mol. The van der Waals surface area contributed by atoms with Gasteiger partial charge in [0.05, 0.1) is 0 Å². The topological polar surface area (TPSA) is 0 Å². The SMILES string of the molecule is BC1CC(C(C)C)C(C)C1C. The first-order valence-electron chi connectivity index (χ1n) is 5.04. The second-order valence-electron chi connectivity index (χ2n) is 4.84. The summed E-state index contributed by atoms with van der Waals surface area (Å²) in [4.78, 5) is 0. The molecule has 0 radical (unpaired) electrons. The van der Waals surface area contributed by atoms with Crippen molar-refractivity contribution in [1.82, 2.24) is 0 Å². The fraction of sp³-hybridized carbons (Fsp3) is 1.00. The van der Waals surface area contributed by atoms with E-state index < -0.39 is 0 Å². The van der Waals surface area contributed by atoms with Crippen LogP contribution in [0.1, 0.15) is 34.1 Å². The summed E-state index contributed by atoms with van der Waals surface area (Å²) in [5.74, 6) is 4.72. The van der Waals surface area contributed by atoms with Crippen LogP contribution in [0.25, 0.3) is 0 Å². The first-order chi connectivity index (χ1) is 5.04. The zero-order chi connectivity index (χ0) is 8.59. The summed E-state index contributed by atoms with van der Waals surface area (Å²) in [7, 11) is 2.41. The van der Waals surface area contributed by atoms with Gasteiger partial charge in [-0.2, -0.15) is 0 Å². The van der Waals surface area contributed by atoms with Gasteiger partial charge in [0.15, 0.2) is 0 Å². The van der Waals surface area contributed by atoms with E-state index in [1.807, 2.05) is 0 Å². The predicted octanol–water partition coefficient (Wildman–Crippen LogP) is 2.36. The van der Waals surface area contributed by atoms with Gasteiger partial charge < -0.3 is 0 Å². The maximum atomic E-state index is 2.43. The molecule has 64 valence electrons. The van der Waals surface area contributed by atoms with Gasteiger partial charge in [-0.25, -0.2) is 0 Å². The smallest absolute Gasteiger partial charge is 0.0667 e. The minimum Gasteiger partial charge on any atom is -0.0667 e. The lowest BCUT2D eigenvalue weighted by atomic mass is 9.78. The molecule has 0 heterocycles. The van der Waals surface area contributed by atoms with Crippen LogP contribution in [0.15, 0.2) is 0 Å². The third kappa shape index (κ3) is 1.63. The van der Waals surface area contributed by atoms with Crippen LogP contribution in [-0.2, 0) is 0 Å². The highest BCUT2D eigenvalue weighted by atomic mass is 14.4. The molecule has 0 nitrogen and oxygen atoms in total.